The van der Waals surface area contributed by atoms with E-state index in [-0.39, 0.29) is 0 Å². The van der Waals surface area contributed by atoms with Crippen LogP contribution in [0.5, 0.6) is 5.75 Å². The summed E-state index contributed by atoms with van der Waals surface area (Å²) in [5.74, 6) is -0.123. The Labute approximate surface area is 362 Å². The van der Waals surface area contributed by atoms with Crippen LogP contribution in [-0.2, 0) is 5.85 Å². The predicted molar refractivity (Wildman–Crippen MR) is 249 cm³/mol. The first-order valence-corrected chi connectivity index (χ1v) is 21.4. The molecule has 0 amide bonds. The van der Waals surface area contributed by atoms with E-state index in [4.69, 9.17) is 4.74 Å². The van der Waals surface area contributed by atoms with Gasteiger partial charge in [0.15, 0.2) is 17.2 Å². The molecule has 3 aliphatic rings. The molecule has 3 aliphatic heterocycles. The highest BCUT2D eigenvalue weighted by atomic mass is 16.5. The summed E-state index contributed by atoms with van der Waals surface area (Å²) in [5, 5.41) is 0. The van der Waals surface area contributed by atoms with Gasteiger partial charge in [-0.25, -0.2) is 0 Å². The highest BCUT2D eigenvalue weighted by Gasteiger charge is 2.68. The Bertz CT molecular complexity index is 3500. The summed E-state index contributed by atoms with van der Waals surface area (Å²) in [6.07, 6.45) is 2.24. The Morgan fingerprint density at radius 1 is 0.500 bits per heavy atom. The van der Waals surface area contributed by atoms with Gasteiger partial charge < -0.3 is 4.74 Å². The lowest BCUT2D eigenvalue weighted by Gasteiger charge is -2.32. The van der Waals surface area contributed by atoms with E-state index in [1.165, 1.54) is 11.1 Å². The van der Waals surface area contributed by atoms with Crippen LogP contribution in [0.4, 0.5) is 0 Å². The van der Waals surface area contributed by atoms with E-state index in [0.29, 0.717) is 0 Å². The molecule has 1 atom stereocenters. The number of rotatable bonds is 6. The van der Waals surface area contributed by atoms with Gasteiger partial charge >= 0.3 is 11.7 Å². The number of fused-ring (bicyclic) bond motifs is 5. The molecule has 0 bridgehead atoms. The van der Waals surface area contributed by atoms with Crippen molar-refractivity contribution in [1.82, 2.24) is 4.57 Å². The van der Waals surface area contributed by atoms with Gasteiger partial charge in [-0.05, 0) is 98.9 Å². The van der Waals surface area contributed by atoms with Crippen molar-refractivity contribution in [3.63, 3.8) is 0 Å². The standard InChI is InChI=1S/C58H41N3O/c1-37(2)46-35-48(41-24-13-6-14-25-41)53(36-47(46)40-22-11-5-12-23-40)60-51-28-17-27-44-49-32-43(39-20-9-4-10-21-39)33-50-52-34-42(38-18-7-3-8-19-38)30-31-59(52)58(55(49)50)61(56(44)51)57(60)45-26-15-16-29-54(45)62-58/h3-37H,1-2H3/q+2/i37D. The number of benzene rings is 8. The van der Waals surface area contributed by atoms with Gasteiger partial charge in [0.1, 0.15) is 22.6 Å². The van der Waals surface area contributed by atoms with Crippen molar-refractivity contribution < 1.29 is 15.2 Å². The fourth-order valence-corrected chi connectivity index (χ4v) is 10.5. The highest BCUT2D eigenvalue weighted by molar-refractivity contribution is 6.00. The fourth-order valence-electron chi connectivity index (χ4n) is 10.5. The Kier molecular flexibility index (Phi) is 7.17. The van der Waals surface area contributed by atoms with Crippen LogP contribution in [0.25, 0.3) is 95.0 Å². The maximum Gasteiger partial charge on any atom is 0.499 e. The number of aromatic nitrogens is 3. The summed E-state index contributed by atoms with van der Waals surface area (Å²) in [6, 6.07) is 71.9. The third-order valence-corrected chi connectivity index (χ3v) is 13.2. The van der Waals surface area contributed by atoms with Crippen LogP contribution in [0.1, 0.15) is 32.2 Å². The van der Waals surface area contributed by atoms with Crippen LogP contribution < -0.4 is 13.9 Å². The van der Waals surface area contributed by atoms with E-state index in [1.807, 2.05) is 13.8 Å². The van der Waals surface area contributed by atoms with Crippen molar-refractivity contribution in [2.75, 3.05) is 0 Å². The molecular formula is C58H41N3O+2. The largest absolute Gasteiger partial charge is 0.499 e. The van der Waals surface area contributed by atoms with Crippen molar-refractivity contribution in [2.24, 2.45) is 0 Å². The monoisotopic (exact) mass is 796 g/mol. The molecular weight excluding hydrogens is 755 g/mol. The molecule has 1 unspecified atom stereocenters. The van der Waals surface area contributed by atoms with Crippen LogP contribution in [0.15, 0.2) is 206 Å². The van der Waals surface area contributed by atoms with E-state index in [0.717, 1.165) is 101 Å². The van der Waals surface area contributed by atoms with E-state index in [2.05, 4.69) is 220 Å². The van der Waals surface area contributed by atoms with E-state index < -0.39 is 11.7 Å². The van der Waals surface area contributed by atoms with Crippen LogP contribution in [0, 0.1) is 0 Å². The van der Waals surface area contributed by atoms with Crippen molar-refractivity contribution in [3.05, 3.63) is 218 Å². The Hall–Kier alpha value is -7.82. The molecule has 5 heterocycles. The zero-order valence-electron chi connectivity index (χ0n) is 35.4. The molecule has 13 rings (SSSR count). The molecule has 0 saturated carbocycles. The minimum atomic E-state index is -1.09. The number of hydrogen-bond acceptors (Lipinski definition) is 1. The van der Waals surface area contributed by atoms with Gasteiger partial charge in [-0.3, -0.25) is 0 Å². The molecule has 2 aromatic heterocycles. The minimum absolute atomic E-state index is 0.815. The second-order valence-corrected chi connectivity index (χ2v) is 16.9. The second-order valence-electron chi connectivity index (χ2n) is 16.9. The Morgan fingerprint density at radius 3 is 1.79 bits per heavy atom. The fraction of sp³-hybridized carbons (Fsp3) is 0.0690. The van der Waals surface area contributed by atoms with Crippen LogP contribution >= 0.6 is 0 Å². The smallest absolute Gasteiger partial charge is 0.392 e. The normalized spacial score (nSPS) is 15.4. The summed E-state index contributed by atoms with van der Waals surface area (Å²) in [7, 11) is 0. The average molecular weight is 797 g/mol. The van der Waals surface area contributed by atoms with Gasteiger partial charge in [0.25, 0.3) is 0 Å². The number of para-hydroxylation sites is 2. The molecule has 8 aromatic carbocycles. The first-order chi connectivity index (χ1) is 30.9. The van der Waals surface area contributed by atoms with Crippen molar-refractivity contribution in [2.45, 2.75) is 25.6 Å². The zero-order chi connectivity index (χ0) is 42.0. The van der Waals surface area contributed by atoms with Crippen molar-refractivity contribution >= 4 is 11.0 Å². The van der Waals surface area contributed by atoms with Crippen LogP contribution in [0.3, 0.4) is 0 Å². The Balaban J connectivity index is 1.21. The quantitative estimate of drug-likeness (QED) is 0.154. The van der Waals surface area contributed by atoms with Gasteiger partial charge in [0, 0.05) is 30.2 Å². The third-order valence-electron chi connectivity index (χ3n) is 13.2. The molecule has 0 saturated heterocycles. The van der Waals surface area contributed by atoms with Crippen molar-refractivity contribution in [3.8, 4) is 89.7 Å². The number of imidazole rings is 1. The maximum absolute atomic E-state index is 9.53. The lowest BCUT2D eigenvalue weighted by Crippen LogP contribution is -2.78. The van der Waals surface area contributed by atoms with Gasteiger partial charge in [-0.15, -0.1) is 9.13 Å². The van der Waals surface area contributed by atoms with Gasteiger partial charge in [-0.1, -0.05) is 153 Å². The summed E-state index contributed by atoms with van der Waals surface area (Å²) in [5.41, 5.74) is 19.8. The number of ether oxygens (including phenoxy) is 1. The average Bonchev–Trinajstić information content (AvgIpc) is 3.83. The zero-order valence-corrected chi connectivity index (χ0v) is 34.4. The van der Waals surface area contributed by atoms with Crippen LogP contribution in [-0.4, -0.2) is 4.57 Å². The number of nitrogens with zero attached hydrogens (tertiary/aromatic N) is 3. The maximum atomic E-state index is 9.53. The molecule has 0 radical (unpaired) electrons. The van der Waals surface area contributed by atoms with Gasteiger partial charge in [0.2, 0.25) is 5.69 Å². The summed E-state index contributed by atoms with van der Waals surface area (Å²) < 4.78 is 24.6. The minimum Gasteiger partial charge on any atom is -0.392 e. The number of hydrogen-bond donors (Lipinski definition) is 0. The highest BCUT2D eigenvalue weighted by Crippen LogP contribution is 2.55. The topological polar surface area (TPSA) is 21.9 Å². The predicted octanol–water partition coefficient (Wildman–Crippen LogP) is 13.2. The van der Waals surface area contributed by atoms with Gasteiger partial charge in [0.05, 0.1) is 5.56 Å². The molecule has 4 heteroatoms. The third kappa shape index (κ3) is 4.78. The molecule has 10 aromatic rings. The first-order valence-electron chi connectivity index (χ1n) is 21.9. The molecule has 292 valence electrons. The van der Waals surface area contributed by atoms with Gasteiger partial charge in [-0.2, -0.15) is 4.57 Å². The van der Waals surface area contributed by atoms with E-state index >= 15 is 0 Å². The first kappa shape index (κ1) is 34.0. The van der Waals surface area contributed by atoms with Crippen LogP contribution in [0.2, 0.25) is 0 Å². The molecule has 4 nitrogen and oxygen atoms in total. The molecule has 0 N–H and O–H groups in total. The summed E-state index contributed by atoms with van der Waals surface area (Å²) in [6.45, 7) is 3.99. The Morgan fingerprint density at radius 2 is 1.10 bits per heavy atom. The lowest BCUT2D eigenvalue weighted by atomic mass is 9.85. The van der Waals surface area contributed by atoms with E-state index in [9.17, 15) is 1.37 Å². The summed E-state index contributed by atoms with van der Waals surface area (Å²) >= 11 is 0. The molecule has 0 fully saturated rings. The lowest BCUT2D eigenvalue weighted by molar-refractivity contribution is -0.997. The molecule has 0 aliphatic carbocycles. The van der Waals surface area contributed by atoms with E-state index in [1.54, 1.807) is 0 Å². The van der Waals surface area contributed by atoms with Crippen molar-refractivity contribution in [1.29, 1.82) is 0 Å². The molecule has 1 spiro atoms. The number of pyridine rings is 1. The SMILES string of the molecule is [2H]C(C)(C)c1cc(-c2ccccc2)c(-n2c3[n+]4c5c(cccc52)-c2cc(-c5ccccc5)cc5c2C4(Oc2ccccc2-3)[n+]2ccc(-c3ccccc3)cc2-5)cc1-c1ccccc1. The molecule has 62 heavy (non-hydrogen) atoms. The summed E-state index contributed by atoms with van der Waals surface area (Å²) in [4.78, 5) is 0. The second kappa shape index (κ2) is 13.1.